The van der Waals surface area contributed by atoms with Gasteiger partial charge in [-0.1, -0.05) is 19.0 Å². The molecule has 1 N–H and O–H groups in total. The van der Waals surface area contributed by atoms with Crippen LogP contribution in [0.2, 0.25) is 0 Å². The Hall–Kier alpha value is -1.71. The molecule has 1 spiro atoms. The fraction of sp³-hybridized carbons (Fsp3) is 0.611. The molecular formula is C18H25NO3. The monoisotopic (exact) mass is 303 g/mol. The van der Waals surface area contributed by atoms with E-state index >= 15 is 0 Å². The molecule has 1 aliphatic carbocycles. The lowest BCUT2D eigenvalue weighted by molar-refractivity contribution is -0.00624. The Labute approximate surface area is 132 Å². The predicted octanol–water partition coefficient (Wildman–Crippen LogP) is 3.96. The van der Waals surface area contributed by atoms with Gasteiger partial charge in [0, 0.05) is 17.5 Å². The van der Waals surface area contributed by atoms with Crippen molar-refractivity contribution in [2.45, 2.75) is 64.9 Å². The van der Waals surface area contributed by atoms with Crippen LogP contribution >= 0.6 is 0 Å². The van der Waals surface area contributed by atoms with E-state index in [0.717, 1.165) is 60.3 Å². The van der Waals surface area contributed by atoms with E-state index in [2.05, 4.69) is 19.0 Å². The minimum atomic E-state index is -0.101. The van der Waals surface area contributed by atoms with E-state index in [0.29, 0.717) is 12.4 Å². The van der Waals surface area contributed by atoms with E-state index in [1.54, 1.807) is 0 Å². The Morgan fingerprint density at radius 2 is 2.05 bits per heavy atom. The van der Waals surface area contributed by atoms with Crippen molar-refractivity contribution in [1.29, 1.82) is 0 Å². The first-order chi connectivity index (χ1) is 10.6. The maximum absolute atomic E-state index is 10.5. The van der Waals surface area contributed by atoms with Crippen LogP contribution in [-0.2, 0) is 17.7 Å². The van der Waals surface area contributed by atoms with Gasteiger partial charge in [0.05, 0.1) is 5.71 Å². The number of fused-ring (bicyclic) bond motifs is 1. The Morgan fingerprint density at radius 1 is 1.27 bits per heavy atom. The lowest BCUT2D eigenvalue weighted by Crippen LogP contribution is -2.48. The van der Waals surface area contributed by atoms with E-state index in [4.69, 9.17) is 9.57 Å². The number of hydrogen-bond donors (Lipinski definition) is 1. The summed E-state index contributed by atoms with van der Waals surface area (Å²) in [6.45, 7) is 6.59. The average Bonchev–Trinajstić information content (AvgIpc) is 2.50. The first-order valence-electron chi connectivity index (χ1n) is 8.40. The zero-order chi connectivity index (χ0) is 15.7. The van der Waals surface area contributed by atoms with Gasteiger partial charge in [0.2, 0.25) is 0 Å². The van der Waals surface area contributed by atoms with E-state index in [1.165, 1.54) is 6.42 Å². The summed E-state index contributed by atoms with van der Waals surface area (Å²) in [7, 11) is 0. The molecule has 120 valence electrons. The number of aromatic hydroxyl groups is 1. The predicted molar refractivity (Wildman–Crippen MR) is 86.9 cm³/mol. The van der Waals surface area contributed by atoms with Crippen LogP contribution in [0.4, 0.5) is 0 Å². The number of aryl methyl sites for hydroxylation is 1. The van der Waals surface area contributed by atoms with Crippen LogP contribution in [0.3, 0.4) is 0 Å². The molecule has 0 aromatic heterocycles. The molecule has 0 amide bonds. The summed E-state index contributed by atoms with van der Waals surface area (Å²) in [4.78, 5) is 5.34. The summed E-state index contributed by atoms with van der Waals surface area (Å²) in [5.74, 6) is 1.26. The summed E-state index contributed by atoms with van der Waals surface area (Å²) in [5, 5.41) is 14.9. The standard InChI is InChI=1S/C18H25NO3/c1-4-12-10-15-16(13(5-2)17(12)20)14(19-21-6-3)11-18(22-15)8-7-9-18/h10,20H,4-9,11H2,1-3H3/b19-14+. The van der Waals surface area contributed by atoms with Crippen LogP contribution in [0.25, 0.3) is 0 Å². The summed E-state index contributed by atoms with van der Waals surface area (Å²) in [6, 6.07) is 1.99. The summed E-state index contributed by atoms with van der Waals surface area (Å²) in [5.41, 5.74) is 3.65. The number of benzene rings is 1. The highest BCUT2D eigenvalue weighted by atomic mass is 16.6. The number of hydrogen-bond acceptors (Lipinski definition) is 4. The van der Waals surface area contributed by atoms with Gasteiger partial charge in [-0.15, -0.1) is 0 Å². The van der Waals surface area contributed by atoms with Crippen molar-refractivity contribution in [3.63, 3.8) is 0 Å². The van der Waals surface area contributed by atoms with Gasteiger partial charge in [0.15, 0.2) is 0 Å². The van der Waals surface area contributed by atoms with E-state index < -0.39 is 0 Å². The third-order valence-corrected chi connectivity index (χ3v) is 4.85. The van der Waals surface area contributed by atoms with Crippen molar-refractivity contribution in [2.75, 3.05) is 6.61 Å². The van der Waals surface area contributed by atoms with E-state index in [-0.39, 0.29) is 5.60 Å². The lowest BCUT2D eigenvalue weighted by atomic mass is 9.73. The SMILES string of the molecule is CCO/N=C1\CC2(CCC2)Oc2cc(CC)c(O)c(CC)c21. The summed E-state index contributed by atoms with van der Waals surface area (Å²) in [6.07, 6.45) is 5.67. The average molecular weight is 303 g/mol. The second-order valence-corrected chi connectivity index (χ2v) is 6.21. The third kappa shape index (κ3) is 2.34. The van der Waals surface area contributed by atoms with Gasteiger partial charge in [-0.25, -0.2) is 0 Å². The Kier molecular flexibility index (Phi) is 4.02. The van der Waals surface area contributed by atoms with Crippen LogP contribution in [0.5, 0.6) is 11.5 Å². The molecule has 4 heteroatoms. The molecule has 1 aromatic carbocycles. The molecule has 1 aliphatic heterocycles. The van der Waals surface area contributed by atoms with Crippen molar-refractivity contribution >= 4 is 5.71 Å². The zero-order valence-corrected chi connectivity index (χ0v) is 13.7. The highest BCUT2D eigenvalue weighted by Crippen LogP contribution is 2.48. The topological polar surface area (TPSA) is 51.0 Å². The van der Waals surface area contributed by atoms with Crippen molar-refractivity contribution in [3.8, 4) is 11.5 Å². The highest BCUT2D eigenvalue weighted by molar-refractivity contribution is 6.06. The Balaban J connectivity index is 2.15. The van der Waals surface area contributed by atoms with Crippen LogP contribution in [0.15, 0.2) is 11.2 Å². The second-order valence-electron chi connectivity index (χ2n) is 6.21. The molecule has 0 radical (unpaired) electrons. The van der Waals surface area contributed by atoms with Gasteiger partial charge >= 0.3 is 0 Å². The quantitative estimate of drug-likeness (QED) is 0.856. The summed E-state index contributed by atoms with van der Waals surface area (Å²) >= 11 is 0. The maximum Gasteiger partial charge on any atom is 0.130 e. The van der Waals surface area contributed by atoms with Gasteiger partial charge in [0.25, 0.3) is 0 Å². The fourth-order valence-corrected chi connectivity index (χ4v) is 3.50. The molecule has 4 nitrogen and oxygen atoms in total. The highest BCUT2D eigenvalue weighted by Gasteiger charge is 2.45. The van der Waals surface area contributed by atoms with Crippen molar-refractivity contribution < 1.29 is 14.7 Å². The molecule has 1 fully saturated rings. The second kappa shape index (κ2) is 5.82. The first kappa shape index (κ1) is 15.2. The maximum atomic E-state index is 10.5. The number of phenols is 1. The summed E-state index contributed by atoms with van der Waals surface area (Å²) < 4.78 is 6.36. The number of oxime groups is 1. The van der Waals surface area contributed by atoms with Crippen molar-refractivity contribution in [3.05, 3.63) is 22.8 Å². The minimum Gasteiger partial charge on any atom is -0.507 e. The van der Waals surface area contributed by atoms with Gasteiger partial charge in [-0.2, -0.15) is 0 Å². The van der Waals surface area contributed by atoms with Gasteiger partial charge in [0.1, 0.15) is 23.7 Å². The smallest absolute Gasteiger partial charge is 0.130 e. The zero-order valence-electron chi connectivity index (χ0n) is 13.7. The molecule has 1 heterocycles. The molecule has 0 bridgehead atoms. The Bertz CT molecular complexity index is 603. The van der Waals surface area contributed by atoms with Gasteiger partial charge in [-0.3, -0.25) is 0 Å². The molecule has 0 unspecified atom stereocenters. The van der Waals surface area contributed by atoms with Crippen LogP contribution in [-0.4, -0.2) is 23.0 Å². The van der Waals surface area contributed by atoms with Crippen LogP contribution < -0.4 is 4.74 Å². The normalized spacial score (nSPS) is 20.4. The number of ether oxygens (including phenoxy) is 1. The minimum absolute atomic E-state index is 0.101. The van der Waals surface area contributed by atoms with E-state index in [1.807, 2.05) is 13.0 Å². The molecule has 0 atom stereocenters. The fourth-order valence-electron chi connectivity index (χ4n) is 3.50. The largest absolute Gasteiger partial charge is 0.507 e. The number of phenolic OH excluding ortho intramolecular Hbond substituents is 1. The number of nitrogens with zero attached hydrogens (tertiary/aromatic N) is 1. The van der Waals surface area contributed by atoms with Gasteiger partial charge in [-0.05, 0) is 50.7 Å². The molecule has 1 saturated carbocycles. The van der Waals surface area contributed by atoms with Crippen LogP contribution in [0, 0.1) is 0 Å². The van der Waals surface area contributed by atoms with Crippen molar-refractivity contribution in [1.82, 2.24) is 0 Å². The van der Waals surface area contributed by atoms with E-state index in [9.17, 15) is 5.11 Å². The molecule has 1 aromatic rings. The van der Waals surface area contributed by atoms with Crippen molar-refractivity contribution in [2.24, 2.45) is 5.16 Å². The Morgan fingerprint density at radius 3 is 2.59 bits per heavy atom. The number of rotatable bonds is 4. The molecule has 3 rings (SSSR count). The van der Waals surface area contributed by atoms with Crippen LogP contribution in [0.1, 0.15) is 63.1 Å². The molecular weight excluding hydrogens is 278 g/mol. The molecule has 2 aliphatic rings. The molecule has 0 saturated heterocycles. The lowest BCUT2D eigenvalue weighted by Gasteiger charge is -2.45. The molecule has 22 heavy (non-hydrogen) atoms. The van der Waals surface area contributed by atoms with Gasteiger partial charge < -0.3 is 14.7 Å². The first-order valence-corrected chi connectivity index (χ1v) is 8.40. The third-order valence-electron chi connectivity index (χ3n) is 4.85.